The highest BCUT2D eigenvalue weighted by Gasteiger charge is 2.17. The summed E-state index contributed by atoms with van der Waals surface area (Å²) in [7, 11) is 2.84. The summed E-state index contributed by atoms with van der Waals surface area (Å²) >= 11 is 5.70. The molecule has 1 aromatic carbocycles. The number of hydrogen-bond donors (Lipinski definition) is 1. The van der Waals surface area contributed by atoms with Crippen LogP contribution in [0, 0.1) is 5.82 Å². The summed E-state index contributed by atoms with van der Waals surface area (Å²) in [5.74, 6) is -2.33. The van der Waals surface area contributed by atoms with E-state index in [4.69, 9.17) is 16.3 Å². The van der Waals surface area contributed by atoms with E-state index in [1.807, 2.05) is 0 Å². The second-order valence-corrected chi connectivity index (χ2v) is 4.53. The molecule has 6 nitrogen and oxygen atoms in total. The zero-order valence-electron chi connectivity index (χ0n) is 11.5. The number of halogens is 2. The van der Waals surface area contributed by atoms with Gasteiger partial charge in [0.25, 0.3) is 5.91 Å². The van der Waals surface area contributed by atoms with Crippen molar-refractivity contribution < 1.29 is 23.5 Å². The highest BCUT2D eigenvalue weighted by molar-refractivity contribution is 6.33. The van der Waals surface area contributed by atoms with E-state index in [-0.39, 0.29) is 23.0 Å². The number of carbonyl (C=O) groups is 3. The smallest absolute Gasteiger partial charge is 0.340 e. The van der Waals surface area contributed by atoms with Crippen LogP contribution in [-0.4, -0.2) is 49.9 Å². The van der Waals surface area contributed by atoms with Crippen LogP contribution in [0.15, 0.2) is 18.2 Å². The fourth-order valence-electron chi connectivity index (χ4n) is 1.35. The molecule has 0 radical (unpaired) electrons. The first-order valence-corrected chi connectivity index (χ1v) is 6.29. The summed E-state index contributed by atoms with van der Waals surface area (Å²) in [4.78, 5) is 35.6. The Morgan fingerprint density at radius 1 is 1.38 bits per heavy atom. The molecule has 0 aliphatic rings. The first-order valence-electron chi connectivity index (χ1n) is 5.92. The van der Waals surface area contributed by atoms with E-state index in [0.717, 1.165) is 17.0 Å². The molecule has 1 rings (SSSR count). The summed E-state index contributed by atoms with van der Waals surface area (Å²) in [6, 6.07) is 3.19. The van der Waals surface area contributed by atoms with Crippen molar-refractivity contribution in [3.05, 3.63) is 34.6 Å². The first-order chi connectivity index (χ1) is 9.85. The van der Waals surface area contributed by atoms with Crippen LogP contribution in [0.3, 0.4) is 0 Å². The van der Waals surface area contributed by atoms with Gasteiger partial charge in [0.1, 0.15) is 5.82 Å². The number of ether oxygens (including phenoxy) is 1. The fourth-order valence-corrected chi connectivity index (χ4v) is 1.60. The quantitative estimate of drug-likeness (QED) is 0.817. The molecule has 1 aromatic rings. The van der Waals surface area contributed by atoms with Crippen molar-refractivity contribution >= 4 is 29.4 Å². The fraction of sp³-hybridized carbons (Fsp3) is 0.308. The summed E-state index contributed by atoms with van der Waals surface area (Å²) in [6.45, 7) is -0.690. The summed E-state index contributed by atoms with van der Waals surface area (Å²) < 4.78 is 17.6. The zero-order chi connectivity index (χ0) is 16.0. The largest absolute Gasteiger partial charge is 0.452 e. The molecule has 8 heteroatoms. The Bertz CT molecular complexity index is 565. The number of esters is 1. The molecular weight excluding hydrogens is 303 g/mol. The van der Waals surface area contributed by atoms with Gasteiger partial charge in [0.2, 0.25) is 5.91 Å². The minimum Gasteiger partial charge on any atom is -0.452 e. The van der Waals surface area contributed by atoms with Crippen LogP contribution in [0.1, 0.15) is 10.4 Å². The van der Waals surface area contributed by atoms with Crippen molar-refractivity contribution in [3.63, 3.8) is 0 Å². The van der Waals surface area contributed by atoms with Gasteiger partial charge in [-0.05, 0) is 18.2 Å². The Hall–Kier alpha value is -2.15. The maximum atomic E-state index is 12.9. The van der Waals surface area contributed by atoms with Gasteiger partial charge in [0.15, 0.2) is 6.61 Å². The lowest BCUT2D eigenvalue weighted by Crippen LogP contribution is -2.39. The van der Waals surface area contributed by atoms with Gasteiger partial charge in [-0.25, -0.2) is 9.18 Å². The Morgan fingerprint density at radius 2 is 2.05 bits per heavy atom. The van der Waals surface area contributed by atoms with Gasteiger partial charge in [-0.3, -0.25) is 9.59 Å². The van der Waals surface area contributed by atoms with E-state index in [2.05, 4.69) is 5.32 Å². The summed E-state index contributed by atoms with van der Waals surface area (Å²) in [6.07, 6.45) is 0. The average molecular weight is 317 g/mol. The molecule has 0 spiro atoms. The molecule has 0 aliphatic heterocycles. The highest BCUT2D eigenvalue weighted by Crippen LogP contribution is 2.18. The molecule has 21 heavy (non-hydrogen) atoms. The molecular formula is C13H14ClFN2O4. The van der Waals surface area contributed by atoms with E-state index in [9.17, 15) is 18.8 Å². The number of amides is 2. The normalized spacial score (nSPS) is 9.90. The van der Waals surface area contributed by atoms with Crippen molar-refractivity contribution in [3.8, 4) is 0 Å². The highest BCUT2D eigenvalue weighted by atomic mass is 35.5. The van der Waals surface area contributed by atoms with E-state index in [1.54, 1.807) is 0 Å². The molecule has 0 bridgehead atoms. The van der Waals surface area contributed by atoms with E-state index < -0.39 is 24.3 Å². The lowest BCUT2D eigenvalue weighted by molar-refractivity contribution is -0.137. The SMILES string of the molecule is CNC(=O)CN(C)C(=O)COC(=O)c1ccc(F)cc1Cl. The van der Waals surface area contributed by atoms with Crippen LogP contribution in [0.5, 0.6) is 0 Å². The molecule has 0 atom stereocenters. The predicted molar refractivity (Wildman–Crippen MR) is 73.4 cm³/mol. The van der Waals surface area contributed by atoms with Gasteiger partial charge in [0, 0.05) is 14.1 Å². The lowest BCUT2D eigenvalue weighted by atomic mass is 10.2. The number of benzene rings is 1. The molecule has 0 saturated carbocycles. The predicted octanol–water partition coefficient (Wildman–Crippen LogP) is 0.840. The molecule has 0 heterocycles. The molecule has 0 unspecified atom stereocenters. The molecule has 114 valence electrons. The Morgan fingerprint density at radius 3 is 2.62 bits per heavy atom. The number of likely N-dealkylation sites (N-methyl/N-ethyl adjacent to an activating group) is 2. The number of nitrogens with one attached hydrogen (secondary N) is 1. The number of nitrogens with zero attached hydrogens (tertiary/aromatic N) is 1. The van der Waals surface area contributed by atoms with Crippen molar-refractivity contribution in [1.29, 1.82) is 0 Å². The Labute approximate surface area is 125 Å². The van der Waals surface area contributed by atoms with Crippen LogP contribution in [0.25, 0.3) is 0 Å². The minimum atomic E-state index is -0.846. The van der Waals surface area contributed by atoms with E-state index in [0.29, 0.717) is 0 Å². The third-order valence-electron chi connectivity index (χ3n) is 2.56. The Kier molecular flexibility index (Phi) is 6.10. The zero-order valence-corrected chi connectivity index (χ0v) is 12.2. The number of rotatable bonds is 5. The van der Waals surface area contributed by atoms with Crippen LogP contribution in [0.2, 0.25) is 5.02 Å². The second kappa shape index (κ2) is 7.58. The molecule has 0 aromatic heterocycles. The standard InChI is InChI=1S/C13H14ClFN2O4/c1-16-11(18)6-17(2)12(19)7-21-13(20)9-4-3-8(15)5-10(9)14/h3-5H,6-7H2,1-2H3,(H,16,18). The van der Waals surface area contributed by atoms with Gasteiger partial charge in [-0.15, -0.1) is 0 Å². The van der Waals surface area contributed by atoms with Crippen molar-refractivity contribution in [2.24, 2.45) is 0 Å². The molecule has 1 N–H and O–H groups in total. The molecule has 0 saturated heterocycles. The third kappa shape index (κ3) is 5.03. The van der Waals surface area contributed by atoms with Gasteiger partial charge >= 0.3 is 5.97 Å². The monoisotopic (exact) mass is 316 g/mol. The van der Waals surface area contributed by atoms with Crippen molar-refractivity contribution in [1.82, 2.24) is 10.2 Å². The first kappa shape index (κ1) is 16.9. The average Bonchev–Trinajstić information content (AvgIpc) is 2.43. The third-order valence-corrected chi connectivity index (χ3v) is 2.88. The van der Waals surface area contributed by atoms with Crippen LogP contribution in [0.4, 0.5) is 4.39 Å². The number of hydrogen-bond acceptors (Lipinski definition) is 4. The molecule has 0 aliphatic carbocycles. The summed E-state index contributed by atoms with van der Waals surface area (Å²) in [5, 5.41) is 2.26. The number of carbonyl (C=O) groups excluding carboxylic acids is 3. The maximum absolute atomic E-state index is 12.9. The molecule has 0 fully saturated rings. The second-order valence-electron chi connectivity index (χ2n) is 4.12. The maximum Gasteiger partial charge on any atom is 0.340 e. The minimum absolute atomic E-state index is 0.0418. The topological polar surface area (TPSA) is 75.7 Å². The molecule has 2 amide bonds. The lowest BCUT2D eigenvalue weighted by Gasteiger charge is -2.16. The van der Waals surface area contributed by atoms with Crippen LogP contribution in [-0.2, 0) is 14.3 Å². The van der Waals surface area contributed by atoms with Gasteiger partial charge in [-0.1, -0.05) is 11.6 Å². The Balaban J connectivity index is 2.56. The van der Waals surface area contributed by atoms with Crippen LogP contribution < -0.4 is 5.32 Å². The van der Waals surface area contributed by atoms with Crippen LogP contribution >= 0.6 is 11.6 Å². The van der Waals surface area contributed by atoms with E-state index in [1.165, 1.54) is 20.2 Å². The van der Waals surface area contributed by atoms with E-state index >= 15 is 0 Å². The van der Waals surface area contributed by atoms with Crippen molar-refractivity contribution in [2.75, 3.05) is 27.2 Å². The van der Waals surface area contributed by atoms with Gasteiger partial charge in [-0.2, -0.15) is 0 Å². The van der Waals surface area contributed by atoms with Gasteiger partial charge in [0.05, 0.1) is 17.1 Å². The van der Waals surface area contributed by atoms with Gasteiger partial charge < -0.3 is 15.0 Å². The van der Waals surface area contributed by atoms with Crippen molar-refractivity contribution in [2.45, 2.75) is 0 Å². The summed E-state index contributed by atoms with van der Waals surface area (Å²) in [5.41, 5.74) is -0.0418.